The minimum absolute atomic E-state index is 0.0826. The van der Waals surface area contributed by atoms with Crippen LogP contribution >= 0.6 is 0 Å². The molecule has 0 aliphatic carbocycles. The van der Waals surface area contributed by atoms with Crippen LogP contribution in [0, 0.1) is 12.7 Å². The first-order chi connectivity index (χ1) is 19.1. The second-order valence-corrected chi connectivity index (χ2v) is 11.2. The van der Waals surface area contributed by atoms with Gasteiger partial charge in [-0.2, -0.15) is 0 Å². The molecule has 40 heavy (non-hydrogen) atoms. The summed E-state index contributed by atoms with van der Waals surface area (Å²) < 4.78 is 47.4. The molecule has 3 aromatic carbocycles. The third-order valence-electron chi connectivity index (χ3n) is 6.45. The van der Waals surface area contributed by atoms with Crippen LogP contribution in [0.3, 0.4) is 0 Å². The van der Waals surface area contributed by atoms with Gasteiger partial charge in [-0.1, -0.05) is 43.7 Å². The Morgan fingerprint density at radius 1 is 0.950 bits per heavy atom. The standard InChI is InChI=1S/C30H36FN3O5S/c1-5-19-32-30(36)28(6-2)33(20-23-9-15-26(39-4)16-10-23)29(35)21-34(25-13-7-22(3)8-14-25)40(37,38)27-17-11-24(31)12-18-27/h7-18,28H,5-6,19-21H2,1-4H3,(H,32,36). The molecule has 0 saturated heterocycles. The zero-order chi connectivity index (χ0) is 29.3. The number of sulfonamides is 1. The van der Waals surface area contributed by atoms with Crippen molar-refractivity contribution in [3.63, 3.8) is 0 Å². The van der Waals surface area contributed by atoms with Gasteiger partial charge in [-0.25, -0.2) is 12.8 Å². The Labute approximate surface area is 235 Å². The van der Waals surface area contributed by atoms with Crippen molar-refractivity contribution in [2.24, 2.45) is 0 Å². The minimum Gasteiger partial charge on any atom is -0.497 e. The van der Waals surface area contributed by atoms with Crippen molar-refractivity contribution in [2.75, 3.05) is 24.5 Å². The quantitative estimate of drug-likeness (QED) is 0.323. The van der Waals surface area contributed by atoms with Gasteiger partial charge in [0.05, 0.1) is 17.7 Å². The molecule has 8 nitrogen and oxygen atoms in total. The number of hydrogen-bond donors (Lipinski definition) is 1. The highest BCUT2D eigenvalue weighted by atomic mass is 32.2. The number of nitrogens with one attached hydrogen (secondary N) is 1. The van der Waals surface area contributed by atoms with E-state index < -0.39 is 34.3 Å². The van der Waals surface area contributed by atoms with Crippen LogP contribution in [0.25, 0.3) is 0 Å². The number of carbonyl (C=O) groups is 2. The number of rotatable bonds is 13. The van der Waals surface area contributed by atoms with Crippen LogP contribution in [0.15, 0.2) is 77.7 Å². The maximum atomic E-state index is 14.0. The molecule has 1 N–H and O–H groups in total. The number of methoxy groups -OCH3 is 1. The summed E-state index contributed by atoms with van der Waals surface area (Å²) in [5.74, 6) is -0.799. The summed E-state index contributed by atoms with van der Waals surface area (Å²) in [6.07, 6.45) is 1.05. The SMILES string of the molecule is CCCNC(=O)C(CC)N(Cc1ccc(OC)cc1)C(=O)CN(c1ccc(C)cc1)S(=O)(=O)c1ccc(F)cc1. The molecule has 0 spiro atoms. The Morgan fingerprint density at radius 3 is 2.12 bits per heavy atom. The maximum Gasteiger partial charge on any atom is 0.264 e. The second-order valence-electron chi connectivity index (χ2n) is 9.39. The predicted octanol–water partition coefficient (Wildman–Crippen LogP) is 4.67. The minimum atomic E-state index is -4.26. The fourth-order valence-corrected chi connectivity index (χ4v) is 5.60. The first-order valence-electron chi connectivity index (χ1n) is 13.2. The summed E-state index contributed by atoms with van der Waals surface area (Å²) in [6.45, 7) is 5.58. The fraction of sp³-hybridized carbons (Fsp3) is 0.333. The van der Waals surface area contributed by atoms with Gasteiger partial charge in [-0.15, -0.1) is 0 Å². The lowest BCUT2D eigenvalue weighted by Crippen LogP contribution is -2.52. The molecule has 0 saturated carbocycles. The molecule has 3 aromatic rings. The van der Waals surface area contributed by atoms with Crippen LogP contribution in [-0.2, 0) is 26.2 Å². The Bertz CT molecular complexity index is 1380. The van der Waals surface area contributed by atoms with E-state index in [1.807, 2.05) is 13.8 Å². The summed E-state index contributed by atoms with van der Waals surface area (Å²) in [6, 6.07) is 17.4. The number of anilines is 1. The molecular weight excluding hydrogens is 533 g/mol. The van der Waals surface area contributed by atoms with Crippen molar-refractivity contribution < 1.29 is 27.1 Å². The van der Waals surface area contributed by atoms with Crippen LogP contribution in [0.5, 0.6) is 5.75 Å². The van der Waals surface area contributed by atoms with E-state index in [-0.39, 0.29) is 23.0 Å². The number of aryl methyl sites for hydroxylation is 1. The van der Waals surface area contributed by atoms with Crippen molar-refractivity contribution in [3.05, 3.63) is 89.7 Å². The number of ether oxygens (including phenoxy) is 1. The molecule has 0 aliphatic heterocycles. The fourth-order valence-electron chi connectivity index (χ4n) is 4.19. The molecule has 0 aliphatic rings. The van der Waals surface area contributed by atoms with E-state index in [1.165, 1.54) is 17.0 Å². The van der Waals surface area contributed by atoms with Crippen molar-refractivity contribution in [1.29, 1.82) is 0 Å². The smallest absolute Gasteiger partial charge is 0.264 e. The van der Waals surface area contributed by atoms with Gasteiger partial charge in [0.15, 0.2) is 0 Å². The summed E-state index contributed by atoms with van der Waals surface area (Å²) in [4.78, 5) is 28.4. The highest BCUT2D eigenvalue weighted by molar-refractivity contribution is 7.92. The number of benzene rings is 3. The van der Waals surface area contributed by atoms with E-state index >= 15 is 0 Å². The molecular formula is C30H36FN3O5S. The molecule has 1 atom stereocenters. The third kappa shape index (κ3) is 7.59. The van der Waals surface area contributed by atoms with E-state index in [1.54, 1.807) is 62.6 Å². The zero-order valence-electron chi connectivity index (χ0n) is 23.3. The maximum absolute atomic E-state index is 14.0. The van der Waals surface area contributed by atoms with Gasteiger partial charge in [-0.3, -0.25) is 13.9 Å². The number of amides is 2. The van der Waals surface area contributed by atoms with Gasteiger partial charge < -0.3 is 15.0 Å². The molecule has 0 heterocycles. The first kappa shape index (κ1) is 30.6. The molecule has 10 heteroatoms. The highest BCUT2D eigenvalue weighted by Gasteiger charge is 2.33. The molecule has 3 rings (SSSR count). The summed E-state index contributed by atoms with van der Waals surface area (Å²) in [5.41, 5.74) is 1.93. The van der Waals surface area contributed by atoms with E-state index in [2.05, 4.69) is 5.32 Å². The van der Waals surface area contributed by atoms with E-state index in [0.29, 0.717) is 18.7 Å². The summed E-state index contributed by atoms with van der Waals surface area (Å²) in [7, 11) is -2.71. The van der Waals surface area contributed by atoms with Gasteiger partial charge in [0.2, 0.25) is 11.8 Å². The topological polar surface area (TPSA) is 96.0 Å². The average Bonchev–Trinajstić information content (AvgIpc) is 2.95. The largest absolute Gasteiger partial charge is 0.497 e. The van der Waals surface area contributed by atoms with Crippen molar-refractivity contribution >= 4 is 27.5 Å². The van der Waals surface area contributed by atoms with Crippen LogP contribution < -0.4 is 14.4 Å². The van der Waals surface area contributed by atoms with E-state index in [0.717, 1.165) is 34.0 Å². The highest BCUT2D eigenvalue weighted by Crippen LogP contribution is 2.25. The number of nitrogens with zero attached hydrogens (tertiary/aromatic N) is 2. The Hall–Kier alpha value is -3.92. The molecule has 0 aromatic heterocycles. The monoisotopic (exact) mass is 569 g/mol. The first-order valence-corrected chi connectivity index (χ1v) is 14.6. The van der Waals surface area contributed by atoms with Crippen LogP contribution in [0.2, 0.25) is 0 Å². The molecule has 2 amide bonds. The average molecular weight is 570 g/mol. The van der Waals surface area contributed by atoms with Gasteiger partial charge in [0, 0.05) is 13.1 Å². The van der Waals surface area contributed by atoms with E-state index in [4.69, 9.17) is 4.74 Å². The summed E-state index contributed by atoms with van der Waals surface area (Å²) >= 11 is 0. The van der Waals surface area contributed by atoms with Crippen LogP contribution in [0.4, 0.5) is 10.1 Å². The van der Waals surface area contributed by atoms with Crippen molar-refractivity contribution in [3.8, 4) is 5.75 Å². The van der Waals surface area contributed by atoms with Crippen molar-refractivity contribution in [2.45, 2.75) is 51.1 Å². The van der Waals surface area contributed by atoms with Crippen LogP contribution in [0.1, 0.15) is 37.8 Å². The van der Waals surface area contributed by atoms with Gasteiger partial charge in [-0.05, 0) is 73.9 Å². The predicted molar refractivity (Wildman–Crippen MR) is 153 cm³/mol. The van der Waals surface area contributed by atoms with Gasteiger partial charge in [0.1, 0.15) is 24.2 Å². The molecule has 214 valence electrons. The Balaban J connectivity index is 2.03. The van der Waals surface area contributed by atoms with Gasteiger partial charge >= 0.3 is 0 Å². The van der Waals surface area contributed by atoms with E-state index in [9.17, 15) is 22.4 Å². The number of carbonyl (C=O) groups excluding carboxylic acids is 2. The normalized spacial score (nSPS) is 11.9. The molecule has 0 radical (unpaired) electrons. The van der Waals surface area contributed by atoms with Crippen LogP contribution in [-0.4, -0.2) is 51.4 Å². The van der Waals surface area contributed by atoms with Crippen molar-refractivity contribution in [1.82, 2.24) is 10.2 Å². The third-order valence-corrected chi connectivity index (χ3v) is 8.24. The number of halogens is 1. The molecule has 0 fully saturated rings. The zero-order valence-corrected chi connectivity index (χ0v) is 24.1. The Kier molecular flexibility index (Phi) is 10.7. The molecule has 0 bridgehead atoms. The Morgan fingerprint density at radius 2 is 1.57 bits per heavy atom. The van der Waals surface area contributed by atoms with Gasteiger partial charge in [0.25, 0.3) is 10.0 Å². The lowest BCUT2D eigenvalue weighted by Gasteiger charge is -2.33. The lowest BCUT2D eigenvalue weighted by atomic mass is 10.1. The number of hydrogen-bond acceptors (Lipinski definition) is 5. The molecule has 1 unspecified atom stereocenters. The second kappa shape index (κ2) is 13.9. The summed E-state index contributed by atoms with van der Waals surface area (Å²) in [5, 5.41) is 2.86. The lowest BCUT2D eigenvalue weighted by molar-refractivity contribution is -0.140.